The summed E-state index contributed by atoms with van der Waals surface area (Å²) >= 11 is 1.51. The summed E-state index contributed by atoms with van der Waals surface area (Å²) in [7, 11) is 5.12. The molecule has 0 radical (unpaired) electrons. The number of carbonyl (C=O) groups excluding carboxylic acids is 4. The first kappa shape index (κ1) is 43.5. The molecule has 1 aromatic carbocycles. The molecule has 4 rings (SSSR count). The number of nitrogens with zero attached hydrogens (tertiary/aromatic N) is 3. The van der Waals surface area contributed by atoms with Crippen molar-refractivity contribution in [3.8, 4) is 0 Å². The molecule has 2 aliphatic rings. The van der Waals surface area contributed by atoms with Gasteiger partial charge in [-0.3, -0.25) is 29.4 Å². The predicted molar refractivity (Wildman–Crippen MR) is 212 cm³/mol. The maximum absolute atomic E-state index is 14.3. The second kappa shape index (κ2) is 20.1. The van der Waals surface area contributed by atoms with E-state index in [0.29, 0.717) is 25.8 Å². The molecule has 2 aromatic rings. The van der Waals surface area contributed by atoms with Crippen LogP contribution in [0.3, 0.4) is 0 Å². The Bertz CT molecular complexity index is 1500. The normalized spacial score (nSPS) is 22.7. The Hall–Kier alpha value is -3.23. The average molecular weight is 769 g/mol. The average Bonchev–Trinajstić information content (AvgIpc) is 3.95. The molecule has 300 valence electrons. The Kier molecular flexibility index (Phi) is 16.2. The Morgan fingerprint density at radius 2 is 1.80 bits per heavy atom. The van der Waals surface area contributed by atoms with Crippen LogP contribution in [0.2, 0.25) is 0 Å². The van der Waals surface area contributed by atoms with Gasteiger partial charge in [0.2, 0.25) is 23.6 Å². The molecule has 0 bridgehead atoms. The van der Waals surface area contributed by atoms with Gasteiger partial charge in [0, 0.05) is 38.4 Å². The number of likely N-dealkylation sites (N-methyl/N-ethyl adjacent to an activating group) is 1. The molecule has 2 saturated heterocycles. The summed E-state index contributed by atoms with van der Waals surface area (Å²) in [6.45, 7) is 13.1. The molecule has 0 saturated carbocycles. The second-order valence-electron chi connectivity index (χ2n) is 15.8. The Balaban J connectivity index is 1.48. The van der Waals surface area contributed by atoms with Gasteiger partial charge in [-0.25, -0.2) is 4.98 Å². The monoisotopic (exact) mass is 768 g/mol. The van der Waals surface area contributed by atoms with Crippen molar-refractivity contribution >= 4 is 35.0 Å². The number of thiazole rings is 1. The Labute approximate surface area is 326 Å². The molecule has 0 unspecified atom stereocenters. The topological polar surface area (TPSA) is 142 Å². The quantitative estimate of drug-likeness (QED) is 0.185. The summed E-state index contributed by atoms with van der Waals surface area (Å²) < 4.78 is 12.1. The third-order valence-electron chi connectivity index (χ3n) is 11.7. The fourth-order valence-corrected chi connectivity index (χ4v) is 9.20. The zero-order valence-corrected chi connectivity index (χ0v) is 34.6. The van der Waals surface area contributed by atoms with Crippen LogP contribution < -0.4 is 16.0 Å². The van der Waals surface area contributed by atoms with E-state index in [1.807, 2.05) is 80.3 Å². The van der Waals surface area contributed by atoms with Crippen molar-refractivity contribution in [2.45, 2.75) is 128 Å². The first-order valence-corrected chi connectivity index (χ1v) is 20.5. The van der Waals surface area contributed by atoms with E-state index >= 15 is 0 Å². The molecule has 13 heteroatoms. The highest BCUT2D eigenvalue weighted by Crippen LogP contribution is 2.31. The van der Waals surface area contributed by atoms with Crippen LogP contribution in [0.5, 0.6) is 0 Å². The van der Waals surface area contributed by atoms with Crippen LogP contribution in [0, 0.1) is 17.8 Å². The first-order chi connectivity index (χ1) is 25.8. The molecule has 12 nitrogen and oxygen atoms in total. The van der Waals surface area contributed by atoms with Crippen molar-refractivity contribution in [2.75, 3.05) is 34.4 Å². The number of imide groups is 1. The highest BCUT2D eigenvalue weighted by atomic mass is 32.1. The van der Waals surface area contributed by atoms with E-state index in [0.717, 1.165) is 36.4 Å². The predicted octanol–water partition coefficient (Wildman–Crippen LogP) is 4.75. The Morgan fingerprint density at radius 1 is 1.07 bits per heavy atom. The van der Waals surface area contributed by atoms with Crippen molar-refractivity contribution in [2.24, 2.45) is 17.8 Å². The van der Waals surface area contributed by atoms with Crippen LogP contribution in [-0.4, -0.2) is 109 Å². The van der Waals surface area contributed by atoms with Crippen molar-refractivity contribution in [3.63, 3.8) is 0 Å². The van der Waals surface area contributed by atoms with Crippen LogP contribution in [0.1, 0.15) is 96.7 Å². The second-order valence-corrected chi connectivity index (χ2v) is 16.7. The van der Waals surface area contributed by atoms with Gasteiger partial charge >= 0.3 is 0 Å². The Morgan fingerprint density at radius 3 is 2.37 bits per heavy atom. The summed E-state index contributed by atoms with van der Waals surface area (Å²) in [5, 5.41) is 11.9. The van der Waals surface area contributed by atoms with Crippen LogP contribution in [0.25, 0.3) is 0 Å². The molecule has 0 aliphatic carbocycles. The lowest BCUT2D eigenvalue weighted by atomic mass is 9.87. The maximum Gasteiger partial charge on any atom is 0.246 e. The molecule has 1 aromatic heterocycles. The number of methoxy groups -OCH3 is 2. The molecule has 2 aliphatic heterocycles. The van der Waals surface area contributed by atoms with Crippen LogP contribution in [0.15, 0.2) is 41.9 Å². The standard InChI is InChI=1S/C41H64N6O6S/c1-10-27(4)35(46(7)34(26(2)3)38(50)45-40(51)41(6)19-15-20-43-41)32(52-8)25-33(48)47-22-14-18-31(47)36(53-9)28(5)37(49)44-30(39-42-21-23-54-39)24-29-16-12-11-13-17-29/h11-13,16-17,21,23,26-28,30-32,34-36,43H,10,14-15,18-20,22,24-25H2,1-9H3,(H,44,49)(H,45,50,51)/t27-,28+,30-,31-,32+,34-,35-,36+,41+/m0/s1. The fourth-order valence-electron chi connectivity index (χ4n) is 8.51. The minimum absolute atomic E-state index is 0.0676. The highest BCUT2D eigenvalue weighted by molar-refractivity contribution is 7.09. The van der Waals surface area contributed by atoms with E-state index in [4.69, 9.17) is 9.47 Å². The van der Waals surface area contributed by atoms with Gasteiger partial charge in [-0.1, -0.05) is 71.4 Å². The number of hydrogen-bond acceptors (Lipinski definition) is 10. The number of benzene rings is 1. The minimum atomic E-state index is -0.775. The first-order valence-electron chi connectivity index (χ1n) is 19.7. The maximum atomic E-state index is 14.3. The number of amides is 4. The van der Waals surface area contributed by atoms with Gasteiger partial charge in [-0.15, -0.1) is 11.3 Å². The number of rotatable bonds is 19. The molecule has 9 atom stereocenters. The van der Waals surface area contributed by atoms with Gasteiger partial charge in [-0.05, 0) is 70.0 Å². The number of hydrogen-bond donors (Lipinski definition) is 3. The van der Waals surface area contributed by atoms with Crippen molar-refractivity contribution in [1.29, 1.82) is 0 Å². The van der Waals surface area contributed by atoms with Gasteiger partial charge in [0.15, 0.2) is 0 Å². The smallest absolute Gasteiger partial charge is 0.246 e. The lowest BCUT2D eigenvalue weighted by molar-refractivity contribution is -0.144. The lowest BCUT2D eigenvalue weighted by Crippen LogP contribution is -2.61. The van der Waals surface area contributed by atoms with E-state index in [-0.39, 0.29) is 60.0 Å². The number of nitrogens with one attached hydrogen (secondary N) is 3. The summed E-state index contributed by atoms with van der Waals surface area (Å²) in [6, 6.07) is 8.52. The van der Waals surface area contributed by atoms with E-state index < -0.39 is 29.7 Å². The molecule has 54 heavy (non-hydrogen) atoms. The molecular formula is C41H64N6O6S. The van der Waals surface area contributed by atoms with Crippen molar-refractivity contribution < 1.29 is 28.7 Å². The van der Waals surface area contributed by atoms with Crippen LogP contribution in [-0.2, 0) is 35.1 Å². The van der Waals surface area contributed by atoms with Crippen LogP contribution >= 0.6 is 11.3 Å². The van der Waals surface area contributed by atoms with Gasteiger partial charge < -0.3 is 25.0 Å². The number of ether oxygens (including phenoxy) is 2. The van der Waals surface area contributed by atoms with Crippen LogP contribution in [0.4, 0.5) is 0 Å². The minimum Gasteiger partial charge on any atom is -0.379 e. The highest BCUT2D eigenvalue weighted by Gasteiger charge is 2.44. The third-order valence-corrected chi connectivity index (χ3v) is 12.6. The SMILES string of the molecule is CC[C@H](C)[C@@H]([C@@H](CC(=O)N1CCC[C@H]1[C@H](OC)[C@@H](C)C(=O)N[C@@H](Cc1ccccc1)c1nccs1)OC)N(C)[C@H](C(=O)NC(=O)[C@@]1(C)CCCN1)C(C)C. The molecule has 0 spiro atoms. The van der Waals surface area contributed by atoms with Crippen molar-refractivity contribution in [1.82, 2.24) is 30.7 Å². The summed E-state index contributed by atoms with van der Waals surface area (Å²) in [4.78, 5) is 63.6. The number of carbonyl (C=O) groups is 4. The lowest BCUT2D eigenvalue weighted by Gasteiger charge is -2.43. The van der Waals surface area contributed by atoms with Crippen molar-refractivity contribution in [3.05, 3.63) is 52.5 Å². The summed E-state index contributed by atoms with van der Waals surface area (Å²) in [5.74, 6) is -1.48. The van der Waals surface area contributed by atoms with Gasteiger partial charge in [0.25, 0.3) is 0 Å². The molecule has 3 heterocycles. The van der Waals surface area contributed by atoms with Gasteiger partial charge in [0.1, 0.15) is 5.01 Å². The number of aromatic nitrogens is 1. The van der Waals surface area contributed by atoms with E-state index in [1.54, 1.807) is 20.4 Å². The summed E-state index contributed by atoms with van der Waals surface area (Å²) in [6.07, 6.45) is 5.25. The molecule has 3 N–H and O–H groups in total. The van der Waals surface area contributed by atoms with E-state index in [2.05, 4.69) is 34.8 Å². The molecular weight excluding hydrogens is 705 g/mol. The van der Waals surface area contributed by atoms with E-state index in [1.165, 1.54) is 11.3 Å². The summed E-state index contributed by atoms with van der Waals surface area (Å²) in [5.41, 5.74) is 0.323. The number of likely N-dealkylation sites (tertiary alicyclic amines) is 1. The van der Waals surface area contributed by atoms with Gasteiger partial charge in [0.05, 0.1) is 48.2 Å². The van der Waals surface area contributed by atoms with E-state index in [9.17, 15) is 19.2 Å². The third kappa shape index (κ3) is 10.5. The fraction of sp³-hybridized carbons (Fsp3) is 0.683. The van der Waals surface area contributed by atoms with Gasteiger partial charge in [-0.2, -0.15) is 0 Å². The molecule has 4 amide bonds. The molecule has 2 fully saturated rings. The largest absolute Gasteiger partial charge is 0.379 e. The zero-order valence-electron chi connectivity index (χ0n) is 33.8. The zero-order chi connectivity index (χ0) is 39.6.